The summed E-state index contributed by atoms with van der Waals surface area (Å²) in [5.41, 5.74) is 2.08. The van der Waals surface area contributed by atoms with Crippen LogP contribution in [0.1, 0.15) is 10.4 Å². The van der Waals surface area contributed by atoms with Crippen molar-refractivity contribution in [3.63, 3.8) is 0 Å². The summed E-state index contributed by atoms with van der Waals surface area (Å²) in [5, 5.41) is 30.0. The molecule has 0 saturated carbocycles. The Morgan fingerprint density at radius 1 is 0.609 bits per heavy atom. The first-order chi connectivity index (χ1) is 20.9. The van der Waals surface area contributed by atoms with Crippen LogP contribution in [0.5, 0.6) is 5.75 Å². The number of phenolic OH excluding ortho intramolecular Hbond substituents is 1. The summed E-state index contributed by atoms with van der Waals surface area (Å²) in [7, 11) is -9.20. The number of aromatic hydroxyl groups is 1. The van der Waals surface area contributed by atoms with Crippen molar-refractivity contribution in [1.29, 1.82) is 0 Å². The minimum atomic E-state index is -4.65. The average Bonchev–Trinajstić information content (AvgIpc) is 2.99. The predicted octanol–water partition coefficient (Wildman–Crippen LogP) is 0.445. The molecule has 0 spiro atoms. The molecule has 0 saturated heterocycles. The number of nitrogens with one attached hydrogen (secondary N) is 1. The molecule has 13 nitrogen and oxygen atoms in total. The molecule has 46 heavy (non-hydrogen) atoms. The predicted molar refractivity (Wildman–Crippen MR) is 157 cm³/mol. The molecule has 0 heterocycles. The molecule has 17 heteroatoms. The standard InChI is InChI=1S/C29H21N5O8S2.2Na/c35-27-16-3-19-17-25(44(40,41)42)14-15-26(19)28(27)34-33-21-4-1-18(2-5-21)29(36)30-20-6-8-22(9-7-20)31-32-23-10-12-24(13-11-23)43(37,38)39;;/h1-17,35H,(H,30,36)(H,37,38,39)(H,40,41,42);;/q;2*+1/p-2. The van der Waals surface area contributed by atoms with Gasteiger partial charge in [0, 0.05) is 16.6 Å². The van der Waals surface area contributed by atoms with Crippen LogP contribution in [-0.4, -0.2) is 37.0 Å². The van der Waals surface area contributed by atoms with Crippen molar-refractivity contribution in [2.24, 2.45) is 20.5 Å². The number of nitrogens with zero attached hydrogens (tertiary/aromatic N) is 4. The van der Waals surface area contributed by atoms with Crippen molar-refractivity contribution < 1.29 is 95.0 Å². The third-order valence-electron chi connectivity index (χ3n) is 6.16. The molecule has 0 unspecified atom stereocenters. The number of carbonyl (C=O) groups excluding carboxylic acids is 1. The zero-order valence-corrected chi connectivity index (χ0v) is 29.9. The van der Waals surface area contributed by atoms with E-state index in [2.05, 4.69) is 25.8 Å². The third kappa shape index (κ3) is 9.36. The number of phenols is 1. The van der Waals surface area contributed by atoms with Gasteiger partial charge in [0.2, 0.25) is 0 Å². The molecule has 5 aromatic carbocycles. The number of benzene rings is 5. The fourth-order valence-electron chi connectivity index (χ4n) is 3.94. The van der Waals surface area contributed by atoms with E-state index in [0.717, 1.165) is 18.2 Å². The van der Waals surface area contributed by atoms with Crippen LogP contribution in [-0.2, 0) is 20.2 Å². The Labute approximate surface area is 307 Å². The van der Waals surface area contributed by atoms with Gasteiger partial charge < -0.3 is 19.5 Å². The largest absolute Gasteiger partial charge is 1.00 e. The number of azo groups is 2. The normalized spacial score (nSPS) is 11.7. The Morgan fingerprint density at radius 2 is 1.09 bits per heavy atom. The molecule has 0 bridgehead atoms. The molecule has 0 aliphatic rings. The molecule has 0 aliphatic carbocycles. The maximum absolute atomic E-state index is 12.7. The van der Waals surface area contributed by atoms with Gasteiger partial charge in [-0.1, -0.05) is 12.1 Å². The third-order valence-corrected chi connectivity index (χ3v) is 7.84. The second-order valence-electron chi connectivity index (χ2n) is 9.17. The van der Waals surface area contributed by atoms with Gasteiger partial charge in [0.15, 0.2) is 0 Å². The zero-order valence-electron chi connectivity index (χ0n) is 24.2. The van der Waals surface area contributed by atoms with E-state index in [-0.39, 0.29) is 75.4 Å². The van der Waals surface area contributed by atoms with Crippen molar-refractivity contribution in [3.8, 4) is 5.75 Å². The van der Waals surface area contributed by atoms with Crippen LogP contribution in [0.4, 0.5) is 28.4 Å². The van der Waals surface area contributed by atoms with Crippen LogP contribution in [0.25, 0.3) is 10.8 Å². The van der Waals surface area contributed by atoms with E-state index in [0.29, 0.717) is 39.1 Å². The topological polar surface area (TPSA) is 213 Å². The van der Waals surface area contributed by atoms with E-state index in [1.165, 1.54) is 48.5 Å². The van der Waals surface area contributed by atoms with Crippen molar-refractivity contribution in [2.45, 2.75) is 9.79 Å². The molecule has 222 valence electrons. The summed E-state index contributed by atoms with van der Waals surface area (Å²) in [4.78, 5) is 11.9. The van der Waals surface area contributed by atoms with Crippen LogP contribution >= 0.6 is 0 Å². The smallest absolute Gasteiger partial charge is 0.744 e. The number of carbonyl (C=O) groups is 1. The number of hydrogen-bond donors (Lipinski definition) is 2. The summed E-state index contributed by atoms with van der Waals surface area (Å²) < 4.78 is 67.0. The summed E-state index contributed by atoms with van der Waals surface area (Å²) >= 11 is 0. The van der Waals surface area contributed by atoms with E-state index in [9.17, 15) is 35.8 Å². The number of amides is 1. The summed E-state index contributed by atoms with van der Waals surface area (Å²) in [6.45, 7) is 0. The zero-order chi connectivity index (χ0) is 31.5. The molecule has 1 amide bonds. The first-order valence-electron chi connectivity index (χ1n) is 12.5. The molecule has 0 aliphatic heterocycles. The molecule has 0 fully saturated rings. The van der Waals surface area contributed by atoms with Gasteiger partial charge in [-0.05, 0) is 96.4 Å². The molecule has 2 N–H and O–H groups in total. The fraction of sp³-hybridized carbons (Fsp3) is 0. The van der Waals surface area contributed by atoms with Crippen molar-refractivity contribution >= 4 is 65.4 Å². The Balaban J connectivity index is 0.00000288. The summed E-state index contributed by atoms with van der Waals surface area (Å²) in [5.74, 6) is -0.596. The quantitative estimate of drug-likeness (QED) is 0.133. The van der Waals surface area contributed by atoms with Gasteiger partial charge >= 0.3 is 59.1 Å². The van der Waals surface area contributed by atoms with Crippen molar-refractivity contribution in [1.82, 2.24) is 0 Å². The van der Waals surface area contributed by atoms with Crippen molar-refractivity contribution in [3.05, 3.63) is 109 Å². The first kappa shape index (κ1) is 37.1. The Morgan fingerprint density at radius 3 is 1.63 bits per heavy atom. The molecule has 0 radical (unpaired) electrons. The van der Waals surface area contributed by atoms with Crippen LogP contribution in [0.15, 0.2) is 133 Å². The van der Waals surface area contributed by atoms with Gasteiger partial charge in [0.25, 0.3) is 5.91 Å². The van der Waals surface area contributed by atoms with E-state index < -0.39 is 31.0 Å². The van der Waals surface area contributed by atoms with E-state index in [1.54, 1.807) is 36.4 Å². The number of hydrogen-bond acceptors (Lipinski definition) is 12. The van der Waals surface area contributed by atoms with Gasteiger partial charge in [-0.2, -0.15) is 15.3 Å². The maximum Gasteiger partial charge on any atom is 1.00 e. The summed E-state index contributed by atoms with van der Waals surface area (Å²) in [6.07, 6.45) is 0. The Kier molecular flexibility index (Phi) is 12.5. The molecule has 5 rings (SSSR count). The maximum atomic E-state index is 12.7. The van der Waals surface area contributed by atoms with Crippen molar-refractivity contribution in [2.75, 3.05) is 5.32 Å². The van der Waals surface area contributed by atoms with Gasteiger partial charge in [0.05, 0.1) is 26.9 Å². The first-order valence-corrected chi connectivity index (χ1v) is 15.3. The van der Waals surface area contributed by atoms with Crippen LogP contribution < -0.4 is 64.4 Å². The average molecular weight is 676 g/mol. The van der Waals surface area contributed by atoms with Gasteiger partial charge in [-0.15, -0.1) is 5.11 Å². The Bertz CT molecular complexity index is 2160. The van der Waals surface area contributed by atoms with E-state index in [4.69, 9.17) is 0 Å². The van der Waals surface area contributed by atoms with Gasteiger partial charge in [0.1, 0.15) is 31.7 Å². The minimum Gasteiger partial charge on any atom is -0.744 e. The van der Waals surface area contributed by atoms with Crippen LogP contribution in [0, 0.1) is 0 Å². The number of rotatable bonds is 8. The second-order valence-corrected chi connectivity index (χ2v) is 11.9. The number of anilines is 1. The van der Waals surface area contributed by atoms with E-state index in [1.807, 2.05) is 0 Å². The van der Waals surface area contributed by atoms with Crippen LogP contribution in [0.3, 0.4) is 0 Å². The SMILES string of the molecule is O=C(Nc1ccc(N=Nc2ccc(S(=O)(=O)[O-])cc2)cc1)c1ccc(N=Nc2c(O)ccc3cc(S(=O)(=O)[O-])ccc23)cc1.[Na+].[Na+]. The molecular formula is C29H19N5Na2O8S2. The fourth-order valence-corrected chi connectivity index (χ4v) is 4.91. The monoisotopic (exact) mass is 675 g/mol. The molecular weight excluding hydrogens is 656 g/mol. The number of fused-ring (bicyclic) bond motifs is 1. The van der Waals surface area contributed by atoms with Gasteiger partial charge in [-0.3, -0.25) is 4.79 Å². The second kappa shape index (κ2) is 15.5. The van der Waals surface area contributed by atoms with E-state index >= 15 is 0 Å². The molecule has 0 atom stereocenters. The summed E-state index contributed by atoms with van der Waals surface area (Å²) in [6, 6.07) is 24.1. The van der Waals surface area contributed by atoms with Crippen LogP contribution in [0.2, 0.25) is 0 Å². The van der Waals surface area contributed by atoms with Gasteiger partial charge in [-0.25, -0.2) is 16.8 Å². The molecule has 0 aromatic heterocycles. The molecule has 5 aromatic rings. The minimum absolute atomic E-state index is 0. The Hall–Kier alpha value is -3.35.